The molecule has 39 heavy (non-hydrogen) atoms. The number of hydrogen-bond donors (Lipinski definition) is 3. The van der Waals surface area contributed by atoms with Crippen LogP contribution in [0.1, 0.15) is 61.9 Å². The van der Waals surface area contributed by atoms with Crippen LogP contribution in [0, 0.1) is 11.7 Å². The lowest BCUT2D eigenvalue weighted by Gasteiger charge is -2.28. The van der Waals surface area contributed by atoms with Crippen LogP contribution in [0.5, 0.6) is 5.75 Å². The number of carbonyl (C=O) groups is 1. The highest BCUT2D eigenvalue weighted by Gasteiger charge is 2.27. The van der Waals surface area contributed by atoms with E-state index in [0.29, 0.717) is 24.5 Å². The summed E-state index contributed by atoms with van der Waals surface area (Å²) in [7, 11) is -4.07. The van der Waals surface area contributed by atoms with Crippen molar-refractivity contribution >= 4 is 15.9 Å². The van der Waals surface area contributed by atoms with Crippen molar-refractivity contribution in [3.63, 3.8) is 0 Å². The van der Waals surface area contributed by atoms with Crippen LogP contribution in [0.2, 0.25) is 0 Å². The van der Waals surface area contributed by atoms with Gasteiger partial charge in [-0.15, -0.1) is 0 Å². The molecule has 1 amide bonds. The van der Waals surface area contributed by atoms with E-state index in [1.54, 1.807) is 24.3 Å². The molecule has 0 spiro atoms. The third-order valence-electron chi connectivity index (χ3n) is 6.68. The topological polar surface area (TPSA) is 96.5 Å². The molecule has 1 aliphatic rings. The number of rotatable bonds is 12. The number of ether oxygens (including phenoxy) is 1. The van der Waals surface area contributed by atoms with Crippen LogP contribution in [0.3, 0.4) is 0 Å². The number of nitrogens with one attached hydrogen (secondary N) is 3. The van der Waals surface area contributed by atoms with Crippen LogP contribution in [0.15, 0.2) is 77.7 Å². The quantitative estimate of drug-likeness (QED) is 0.274. The van der Waals surface area contributed by atoms with Crippen molar-refractivity contribution in [2.24, 2.45) is 5.92 Å². The predicted octanol–water partition coefficient (Wildman–Crippen LogP) is 5.01. The van der Waals surface area contributed by atoms with Crippen molar-refractivity contribution < 1.29 is 22.3 Å². The fraction of sp³-hybridized carbons (Fsp3) is 0.367. The molecule has 3 aromatic carbocycles. The van der Waals surface area contributed by atoms with Gasteiger partial charge in [-0.3, -0.25) is 4.79 Å². The van der Waals surface area contributed by atoms with Gasteiger partial charge in [-0.25, -0.2) is 17.5 Å². The zero-order valence-corrected chi connectivity index (χ0v) is 23.1. The molecule has 1 heterocycles. The fourth-order valence-corrected chi connectivity index (χ4v) is 5.81. The van der Waals surface area contributed by atoms with Gasteiger partial charge in [0.05, 0.1) is 23.6 Å². The Morgan fingerprint density at radius 2 is 1.85 bits per heavy atom. The Balaban J connectivity index is 1.45. The van der Waals surface area contributed by atoms with Gasteiger partial charge < -0.3 is 15.4 Å². The molecule has 0 aromatic heterocycles. The van der Waals surface area contributed by atoms with E-state index in [2.05, 4.69) is 29.2 Å². The minimum absolute atomic E-state index is 0.122. The maximum atomic E-state index is 13.7. The van der Waals surface area contributed by atoms with Gasteiger partial charge in [-0.1, -0.05) is 62.4 Å². The Labute approximate surface area is 230 Å². The van der Waals surface area contributed by atoms with E-state index in [0.717, 1.165) is 42.5 Å². The first kappa shape index (κ1) is 28.7. The van der Waals surface area contributed by atoms with Crippen LogP contribution in [-0.2, 0) is 21.4 Å². The Kier molecular flexibility index (Phi) is 9.72. The number of hydrogen-bond acceptors (Lipinski definition) is 5. The summed E-state index contributed by atoms with van der Waals surface area (Å²) in [5, 5.41) is 6.52. The molecule has 2 unspecified atom stereocenters. The van der Waals surface area contributed by atoms with Crippen molar-refractivity contribution in [2.75, 3.05) is 13.2 Å². The normalized spacial score (nSPS) is 15.8. The van der Waals surface area contributed by atoms with Gasteiger partial charge in [0.15, 0.2) is 0 Å². The second-order valence-corrected chi connectivity index (χ2v) is 11.9. The van der Waals surface area contributed by atoms with Gasteiger partial charge in [0.25, 0.3) is 0 Å². The first-order chi connectivity index (χ1) is 18.7. The molecule has 2 atom stereocenters. The summed E-state index contributed by atoms with van der Waals surface area (Å²) >= 11 is 0. The largest absolute Gasteiger partial charge is 0.493 e. The zero-order valence-electron chi connectivity index (χ0n) is 22.3. The molecule has 0 radical (unpaired) electrons. The highest BCUT2D eigenvalue weighted by molar-refractivity contribution is 7.89. The molecular weight excluding hydrogens is 517 g/mol. The standard InChI is InChI=1S/C30H36FN3O4S/c1-21(2)13-15-32-20-22-11-12-26-27(14-16-38-29(26)17-22)33-30(35)19-28(23-7-4-3-5-8-23)34-39(36,37)25-10-6-9-24(31)18-25/h3-12,17-18,21,27-28,32,34H,13-16,19-20H2,1-2H3,(H,33,35). The lowest BCUT2D eigenvalue weighted by molar-refractivity contribution is -0.122. The van der Waals surface area contributed by atoms with Gasteiger partial charge in [-0.2, -0.15) is 0 Å². The van der Waals surface area contributed by atoms with E-state index < -0.39 is 21.9 Å². The molecule has 4 rings (SSSR count). The molecule has 0 saturated heterocycles. The van der Waals surface area contributed by atoms with E-state index in [4.69, 9.17) is 4.74 Å². The number of sulfonamides is 1. The van der Waals surface area contributed by atoms with E-state index in [1.165, 1.54) is 18.2 Å². The second-order valence-electron chi connectivity index (χ2n) is 10.2. The van der Waals surface area contributed by atoms with Crippen LogP contribution >= 0.6 is 0 Å². The smallest absolute Gasteiger partial charge is 0.241 e. The third-order valence-corrected chi connectivity index (χ3v) is 8.14. The molecule has 208 valence electrons. The monoisotopic (exact) mass is 553 g/mol. The summed E-state index contributed by atoms with van der Waals surface area (Å²) in [6.07, 6.45) is 1.59. The SMILES string of the molecule is CC(C)CCNCc1ccc2c(c1)OCCC2NC(=O)CC(NS(=O)(=O)c1cccc(F)c1)c1ccccc1. The molecular formula is C30H36FN3O4S. The zero-order chi connectivity index (χ0) is 27.8. The van der Waals surface area contributed by atoms with Crippen LogP contribution in [-0.4, -0.2) is 27.5 Å². The Hall–Kier alpha value is -3.27. The lowest BCUT2D eigenvalue weighted by Crippen LogP contribution is -2.36. The average molecular weight is 554 g/mol. The van der Waals surface area contributed by atoms with Crippen molar-refractivity contribution in [3.8, 4) is 5.75 Å². The Morgan fingerprint density at radius 1 is 1.05 bits per heavy atom. The van der Waals surface area contributed by atoms with Crippen molar-refractivity contribution in [1.29, 1.82) is 0 Å². The molecule has 7 nitrogen and oxygen atoms in total. The van der Waals surface area contributed by atoms with Crippen molar-refractivity contribution in [2.45, 2.75) is 56.6 Å². The average Bonchev–Trinajstić information content (AvgIpc) is 2.91. The molecule has 3 aromatic rings. The summed E-state index contributed by atoms with van der Waals surface area (Å²) in [6.45, 7) is 6.55. The van der Waals surface area contributed by atoms with Crippen LogP contribution < -0.4 is 20.1 Å². The lowest BCUT2D eigenvalue weighted by atomic mass is 9.98. The minimum Gasteiger partial charge on any atom is -0.493 e. The van der Waals surface area contributed by atoms with E-state index in [9.17, 15) is 17.6 Å². The maximum absolute atomic E-state index is 13.7. The molecule has 9 heteroatoms. The first-order valence-electron chi connectivity index (χ1n) is 13.3. The first-order valence-corrected chi connectivity index (χ1v) is 14.8. The van der Waals surface area contributed by atoms with Gasteiger partial charge in [-0.05, 0) is 54.3 Å². The number of carbonyl (C=O) groups excluding carboxylic acids is 1. The number of fused-ring (bicyclic) bond motifs is 1. The van der Waals surface area contributed by atoms with E-state index in [1.807, 2.05) is 24.3 Å². The van der Waals surface area contributed by atoms with Gasteiger partial charge in [0.2, 0.25) is 15.9 Å². The number of benzene rings is 3. The van der Waals surface area contributed by atoms with Crippen LogP contribution in [0.25, 0.3) is 0 Å². The number of amides is 1. The summed E-state index contributed by atoms with van der Waals surface area (Å²) in [5.74, 6) is 0.440. The molecule has 0 bridgehead atoms. The number of halogens is 1. The van der Waals surface area contributed by atoms with E-state index in [-0.39, 0.29) is 23.3 Å². The third kappa shape index (κ3) is 8.11. The summed E-state index contributed by atoms with van der Waals surface area (Å²) in [4.78, 5) is 13.0. The minimum atomic E-state index is -4.07. The summed E-state index contributed by atoms with van der Waals surface area (Å²) in [5.41, 5.74) is 2.65. The highest BCUT2D eigenvalue weighted by Crippen LogP contribution is 2.33. The molecule has 0 fully saturated rings. The highest BCUT2D eigenvalue weighted by atomic mass is 32.2. The maximum Gasteiger partial charge on any atom is 0.241 e. The summed E-state index contributed by atoms with van der Waals surface area (Å²) < 4.78 is 48.3. The van der Waals surface area contributed by atoms with Gasteiger partial charge in [0.1, 0.15) is 11.6 Å². The molecule has 1 aliphatic heterocycles. The molecule has 0 saturated carbocycles. The Morgan fingerprint density at radius 3 is 2.59 bits per heavy atom. The predicted molar refractivity (Wildman–Crippen MR) is 149 cm³/mol. The molecule has 3 N–H and O–H groups in total. The van der Waals surface area contributed by atoms with Crippen molar-refractivity contribution in [1.82, 2.24) is 15.4 Å². The molecule has 0 aliphatic carbocycles. The van der Waals surface area contributed by atoms with Gasteiger partial charge in [0, 0.05) is 24.9 Å². The van der Waals surface area contributed by atoms with Gasteiger partial charge >= 0.3 is 0 Å². The summed E-state index contributed by atoms with van der Waals surface area (Å²) in [6, 6.07) is 18.6. The second kappa shape index (κ2) is 13.2. The fourth-order valence-electron chi connectivity index (χ4n) is 4.56. The van der Waals surface area contributed by atoms with E-state index >= 15 is 0 Å². The van der Waals surface area contributed by atoms with Crippen LogP contribution in [0.4, 0.5) is 4.39 Å². The van der Waals surface area contributed by atoms with Crippen molar-refractivity contribution in [3.05, 3.63) is 95.3 Å². The Bertz CT molecular complexity index is 1370.